The van der Waals surface area contributed by atoms with Gasteiger partial charge in [-0.1, -0.05) is 53.6 Å². The van der Waals surface area contributed by atoms with E-state index in [0.717, 1.165) is 27.5 Å². The molecule has 2 aromatic carbocycles. The molecule has 6 nitrogen and oxygen atoms in total. The number of benzene rings is 2. The van der Waals surface area contributed by atoms with Gasteiger partial charge in [-0.3, -0.25) is 9.59 Å². The van der Waals surface area contributed by atoms with Crippen LogP contribution in [-0.2, 0) is 14.3 Å². The summed E-state index contributed by atoms with van der Waals surface area (Å²) in [4.78, 5) is 37.8. The number of allylic oxidation sites excluding steroid dienone is 2. The molecule has 0 fully saturated rings. The van der Waals surface area contributed by atoms with Crippen molar-refractivity contribution < 1.29 is 24.2 Å². The van der Waals surface area contributed by atoms with Crippen molar-refractivity contribution in [3.05, 3.63) is 64.6 Å². The molecular formula is C26H25NO5S. The van der Waals surface area contributed by atoms with Gasteiger partial charge in [0.1, 0.15) is 10.6 Å². The minimum Gasteiger partial charge on any atom is -0.481 e. The van der Waals surface area contributed by atoms with Gasteiger partial charge >= 0.3 is 11.9 Å². The standard InChI is InChI=1S/C26H25NO5S/c1-14-11-19(20(25(29)30)12-15(14)2)23(28)27-24-22(26(31)32-3)21(13-33-24)18-10-6-8-16-7-4-5-9-17(16)18/h4-10,13,19-20H,11-12H2,1-3H3,(H,27,28)(H,29,30)/t19-,20-/m0/s1. The number of thiophene rings is 1. The fourth-order valence-corrected chi connectivity index (χ4v) is 5.40. The van der Waals surface area contributed by atoms with Crippen molar-refractivity contribution >= 4 is 45.0 Å². The Balaban J connectivity index is 1.74. The number of esters is 1. The topological polar surface area (TPSA) is 92.7 Å². The van der Waals surface area contributed by atoms with Gasteiger partial charge in [-0.05, 0) is 43.0 Å². The lowest BCUT2D eigenvalue weighted by Crippen LogP contribution is -2.36. The number of anilines is 1. The first-order chi connectivity index (χ1) is 15.8. The molecule has 1 aromatic heterocycles. The second kappa shape index (κ2) is 9.19. The molecule has 1 heterocycles. The predicted octanol–water partition coefficient (Wildman–Crippen LogP) is 5.74. The summed E-state index contributed by atoms with van der Waals surface area (Å²) in [5, 5.41) is 16.7. The van der Waals surface area contributed by atoms with Crippen molar-refractivity contribution in [1.82, 2.24) is 0 Å². The van der Waals surface area contributed by atoms with Gasteiger partial charge in [0.25, 0.3) is 0 Å². The highest BCUT2D eigenvalue weighted by atomic mass is 32.1. The average Bonchev–Trinajstić information content (AvgIpc) is 3.22. The van der Waals surface area contributed by atoms with E-state index in [4.69, 9.17) is 4.74 Å². The van der Waals surface area contributed by atoms with E-state index in [9.17, 15) is 19.5 Å². The zero-order valence-corrected chi connectivity index (χ0v) is 19.5. The molecule has 0 saturated heterocycles. The summed E-state index contributed by atoms with van der Waals surface area (Å²) < 4.78 is 5.04. The van der Waals surface area contributed by atoms with E-state index in [-0.39, 0.29) is 5.56 Å². The quantitative estimate of drug-likeness (QED) is 0.372. The van der Waals surface area contributed by atoms with E-state index < -0.39 is 29.7 Å². The number of carbonyl (C=O) groups excluding carboxylic acids is 2. The van der Waals surface area contributed by atoms with Crippen molar-refractivity contribution in [3.63, 3.8) is 0 Å². The molecule has 7 heteroatoms. The first kappa shape index (κ1) is 22.7. The number of ether oxygens (including phenoxy) is 1. The summed E-state index contributed by atoms with van der Waals surface area (Å²) in [6.07, 6.45) is 0.721. The fraction of sp³-hybridized carbons (Fsp3) is 0.269. The van der Waals surface area contributed by atoms with Crippen LogP contribution in [0.1, 0.15) is 37.0 Å². The highest BCUT2D eigenvalue weighted by Gasteiger charge is 2.38. The second-order valence-electron chi connectivity index (χ2n) is 8.38. The fourth-order valence-electron chi connectivity index (χ4n) is 4.45. The number of carboxylic acid groups (broad SMARTS) is 1. The van der Waals surface area contributed by atoms with Gasteiger partial charge in [-0.2, -0.15) is 0 Å². The van der Waals surface area contributed by atoms with Crippen LogP contribution in [0.2, 0.25) is 0 Å². The largest absolute Gasteiger partial charge is 0.481 e. The maximum atomic E-state index is 13.2. The molecule has 1 amide bonds. The van der Waals surface area contributed by atoms with Crippen LogP contribution < -0.4 is 5.32 Å². The third kappa shape index (κ3) is 4.28. The highest BCUT2D eigenvalue weighted by molar-refractivity contribution is 7.15. The van der Waals surface area contributed by atoms with Crippen LogP contribution in [0.3, 0.4) is 0 Å². The number of aliphatic carboxylic acids is 1. The van der Waals surface area contributed by atoms with Gasteiger partial charge in [-0.15, -0.1) is 11.3 Å². The molecule has 1 aliphatic rings. The van der Waals surface area contributed by atoms with Crippen molar-refractivity contribution in [3.8, 4) is 11.1 Å². The summed E-state index contributed by atoms with van der Waals surface area (Å²) in [5.74, 6) is -3.45. The number of nitrogens with one attached hydrogen (secondary N) is 1. The number of amides is 1. The van der Waals surface area contributed by atoms with Gasteiger partial charge in [-0.25, -0.2) is 4.79 Å². The molecule has 0 saturated carbocycles. The number of hydrogen-bond acceptors (Lipinski definition) is 5. The van der Waals surface area contributed by atoms with Crippen molar-refractivity contribution in [2.24, 2.45) is 11.8 Å². The molecule has 4 rings (SSSR count). The number of carboxylic acids is 1. The van der Waals surface area contributed by atoms with Crippen LogP contribution in [0, 0.1) is 11.8 Å². The average molecular weight is 464 g/mol. The lowest BCUT2D eigenvalue weighted by Gasteiger charge is -2.29. The third-order valence-corrected chi connectivity index (χ3v) is 7.31. The molecule has 170 valence electrons. The third-order valence-electron chi connectivity index (χ3n) is 6.42. The van der Waals surface area contributed by atoms with Crippen LogP contribution >= 0.6 is 11.3 Å². The number of carbonyl (C=O) groups is 3. The molecule has 0 unspecified atom stereocenters. The minimum absolute atomic E-state index is 0.276. The number of methoxy groups -OCH3 is 1. The molecule has 1 aliphatic carbocycles. The molecule has 2 N–H and O–H groups in total. The normalized spacial score (nSPS) is 18.3. The zero-order chi connectivity index (χ0) is 23.7. The van der Waals surface area contributed by atoms with E-state index in [2.05, 4.69) is 5.32 Å². The van der Waals surface area contributed by atoms with Crippen LogP contribution in [0.5, 0.6) is 0 Å². The Labute approximate surface area is 195 Å². The van der Waals surface area contributed by atoms with Gasteiger partial charge < -0.3 is 15.2 Å². The summed E-state index contributed by atoms with van der Waals surface area (Å²) in [6.45, 7) is 3.84. The van der Waals surface area contributed by atoms with Gasteiger partial charge in [0.05, 0.1) is 18.9 Å². The van der Waals surface area contributed by atoms with E-state index in [1.165, 1.54) is 18.4 Å². The monoisotopic (exact) mass is 463 g/mol. The number of rotatable bonds is 5. The molecule has 0 radical (unpaired) electrons. The Bertz CT molecular complexity index is 1280. The lowest BCUT2D eigenvalue weighted by atomic mass is 9.76. The first-order valence-corrected chi connectivity index (χ1v) is 11.6. The van der Waals surface area contributed by atoms with E-state index in [0.29, 0.717) is 23.4 Å². The molecule has 3 aromatic rings. The Kier molecular flexibility index (Phi) is 6.33. The zero-order valence-electron chi connectivity index (χ0n) is 18.7. The van der Waals surface area contributed by atoms with Gasteiger partial charge in [0.2, 0.25) is 5.91 Å². The number of fused-ring (bicyclic) bond motifs is 1. The van der Waals surface area contributed by atoms with Crippen LogP contribution in [0.15, 0.2) is 59.0 Å². The maximum Gasteiger partial charge on any atom is 0.341 e. The smallest absolute Gasteiger partial charge is 0.341 e. The Morgan fingerprint density at radius 3 is 2.33 bits per heavy atom. The summed E-state index contributed by atoms with van der Waals surface area (Å²) in [7, 11) is 1.30. The Morgan fingerprint density at radius 1 is 0.970 bits per heavy atom. The molecule has 0 bridgehead atoms. The van der Waals surface area contributed by atoms with E-state index >= 15 is 0 Å². The van der Waals surface area contributed by atoms with Gasteiger partial charge in [0, 0.05) is 10.9 Å². The second-order valence-corrected chi connectivity index (χ2v) is 9.26. The first-order valence-electron chi connectivity index (χ1n) is 10.7. The van der Waals surface area contributed by atoms with Crippen LogP contribution in [-0.4, -0.2) is 30.1 Å². The van der Waals surface area contributed by atoms with Crippen molar-refractivity contribution in [2.45, 2.75) is 26.7 Å². The van der Waals surface area contributed by atoms with Gasteiger partial charge in [0.15, 0.2) is 0 Å². The highest BCUT2D eigenvalue weighted by Crippen LogP contribution is 2.41. The summed E-state index contributed by atoms with van der Waals surface area (Å²) in [6, 6.07) is 13.7. The molecule has 0 aliphatic heterocycles. The predicted molar refractivity (Wildman–Crippen MR) is 129 cm³/mol. The number of hydrogen-bond donors (Lipinski definition) is 2. The summed E-state index contributed by atoms with van der Waals surface area (Å²) >= 11 is 1.23. The maximum absolute atomic E-state index is 13.2. The molecular weight excluding hydrogens is 438 g/mol. The molecule has 33 heavy (non-hydrogen) atoms. The SMILES string of the molecule is COC(=O)c1c(-c2cccc3ccccc23)csc1NC(=O)[C@H]1CC(C)=C(C)C[C@@H]1C(=O)O. The van der Waals surface area contributed by atoms with Crippen molar-refractivity contribution in [1.29, 1.82) is 0 Å². The minimum atomic E-state index is -0.988. The lowest BCUT2D eigenvalue weighted by molar-refractivity contribution is -0.146. The van der Waals surface area contributed by atoms with Crippen LogP contribution in [0.4, 0.5) is 5.00 Å². The van der Waals surface area contributed by atoms with Crippen molar-refractivity contribution in [2.75, 3.05) is 12.4 Å². The Hall–Kier alpha value is -3.45. The Morgan fingerprint density at radius 2 is 1.64 bits per heavy atom. The van der Waals surface area contributed by atoms with E-state index in [1.807, 2.05) is 61.7 Å². The van der Waals surface area contributed by atoms with E-state index in [1.54, 1.807) is 0 Å². The molecule has 0 spiro atoms. The molecule has 2 atom stereocenters. The van der Waals surface area contributed by atoms with Crippen LogP contribution in [0.25, 0.3) is 21.9 Å². The summed E-state index contributed by atoms with van der Waals surface area (Å²) in [5.41, 5.74) is 3.85.